The van der Waals surface area contributed by atoms with Crippen LogP contribution in [-0.4, -0.2) is 21.0 Å². The molecule has 0 radical (unpaired) electrons. The molecule has 0 unspecified atom stereocenters. The molecule has 2 aromatic carbocycles. The third-order valence-electron chi connectivity index (χ3n) is 4.27. The van der Waals surface area contributed by atoms with E-state index in [-0.39, 0.29) is 12.3 Å². The molecule has 0 atom stereocenters. The number of rotatable bonds is 5. The number of amides is 1. The van der Waals surface area contributed by atoms with Crippen LogP contribution in [0.1, 0.15) is 21.8 Å². The molecule has 0 aliphatic rings. The Kier molecular flexibility index (Phi) is 5.25. The summed E-state index contributed by atoms with van der Waals surface area (Å²) in [6.07, 6.45) is 3.41. The van der Waals surface area contributed by atoms with Crippen LogP contribution in [0, 0.1) is 17.5 Å². The van der Waals surface area contributed by atoms with Crippen molar-refractivity contribution >= 4 is 11.6 Å². The lowest BCUT2D eigenvalue weighted by molar-refractivity contribution is 0.102. The number of hydrogen-bond donors (Lipinski definition) is 1. The molecule has 0 spiro atoms. The average Bonchev–Trinajstić information content (AvgIpc) is 3.23. The maximum absolute atomic E-state index is 13.9. The summed E-state index contributed by atoms with van der Waals surface area (Å²) in [5.74, 6) is -4.89. The van der Waals surface area contributed by atoms with E-state index in [1.54, 1.807) is 48.8 Å². The Bertz CT molecular complexity index is 1210. The molecule has 0 saturated heterocycles. The molecule has 1 amide bonds. The summed E-state index contributed by atoms with van der Waals surface area (Å²) >= 11 is 0. The highest BCUT2D eigenvalue weighted by Crippen LogP contribution is 2.22. The van der Waals surface area contributed by atoms with E-state index in [4.69, 9.17) is 4.52 Å². The number of para-hydroxylation sites is 1. The van der Waals surface area contributed by atoms with Gasteiger partial charge in [-0.05, 0) is 35.9 Å². The van der Waals surface area contributed by atoms with Crippen molar-refractivity contribution in [1.29, 1.82) is 0 Å². The molecule has 0 aliphatic heterocycles. The van der Waals surface area contributed by atoms with Crippen molar-refractivity contribution in [2.75, 3.05) is 5.32 Å². The van der Waals surface area contributed by atoms with E-state index in [0.29, 0.717) is 28.7 Å². The van der Waals surface area contributed by atoms with Crippen LogP contribution in [-0.2, 0) is 6.42 Å². The first-order valence-electron chi connectivity index (χ1n) is 8.78. The van der Waals surface area contributed by atoms with Crippen LogP contribution >= 0.6 is 0 Å². The molecule has 4 aromatic rings. The second-order valence-corrected chi connectivity index (χ2v) is 6.26. The number of nitrogens with zero attached hydrogens (tertiary/aromatic N) is 3. The number of hydrogen-bond acceptors (Lipinski definition) is 5. The summed E-state index contributed by atoms with van der Waals surface area (Å²) < 4.78 is 45.7. The molecular formula is C21H13F3N4O2. The van der Waals surface area contributed by atoms with E-state index >= 15 is 0 Å². The fraction of sp³-hybridized carbons (Fsp3) is 0.0476. The Balaban J connectivity index is 1.56. The summed E-state index contributed by atoms with van der Waals surface area (Å²) in [5.41, 5.74) is 1.02. The number of aromatic nitrogens is 3. The lowest BCUT2D eigenvalue weighted by Crippen LogP contribution is -2.16. The van der Waals surface area contributed by atoms with Gasteiger partial charge in [0.15, 0.2) is 17.5 Å². The first-order valence-corrected chi connectivity index (χ1v) is 8.78. The van der Waals surface area contributed by atoms with E-state index in [2.05, 4.69) is 20.4 Å². The molecule has 6 nitrogen and oxygen atoms in total. The van der Waals surface area contributed by atoms with Gasteiger partial charge in [-0.1, -0.05) is 23.4 Å². The SMILES string of the molecule is O=C(Nc1ccccc1Cc1nc(-c2cccnc2)no1)c1ccc(F)c(F)c1F. The molecular weight excluding hydrogens is 397 g/mol. The number of carbonyl (C=O) groups excluding carboxylic acids is 1. The van der Waals surface area contributed by atoms with Crippen molar-refractivity contribution < 1.29 is 22.5 Å². The van der Waals surface area contributed by atoms with E-state index in [1.807, 2.05) is 0 Å². The zero-order chi connectivity index (χ0) is 21.1. The largest absolute Gasteiger partial charge is 0.339 e. The van der Waals surface area contributed by atoms with Gasteiger partial charge in [0.25, 0.3) is 5.91 Å². The Hall–Kier alpha value is -4.01. The monoisotopic (exact) mass is 410 g/mol. The number of anilines is 1. The third kappa shape index (κ3) is 3.90. The van der Waals surface area contributed by atoms with Gasteiger partial charge in [-0.25, -0.2) is 13.2 Å². The number of nitrogens with one attached hydrogen (secondary N) is 1. The Morgan fingerprint density at radius 1 is 1.00 bits per heavy atom. The molecule has 0 bridgehead atoms. The summed E-state index contributed by atoms with van der Waals surface area (Å²) in [7, 11) is 0. The van der Waals surface area contributed by atoms with Gasteiger partial charge in [0.05, 0.1) is 12.0 Å². The molecule has 1 N–H and O–H groups in total. The molecule has 150 valence electrons. The maximum Gasteiger partial charge on any atom is 0.258 e. The number of pyridine rings is 1. The Morgan fingerprint density at radius 3 is 2.63 bits per heavy atom. The van der Waals surface area contributed by atoms with E-state index in [1.165, 1.54) is 0 Å². The van der Waals surface area contributed by atoms with Gasteiger partial charge in [-0.2, -0.15) is 4.98 Å². The van der Waals surface area contributed by atoms with Gasteiger partial charge in [-0.3, -0.25) is 9.78 Å². The van der Waals surface area contributed by atoms with Gasteiger partial charge >= 0.3 is 0 Å². The summed E-state index contributed by atoms with van der Waals surface area (Å²) in [5, 5.41) is 6.42. The molecule has 30 heavy (non-hydrogen) atoms. The zero-order valence-electron chi connectivity index (χ0n) is 15.3. The van der Waals surface area contributed by atoms with Crippen LogP contribution in [0.15, 0.2) is 65.4 Å². The van der Waals surface area contributed by atoms with Gasteiger partial charge < -0.3 is 9.84 Å². The highest BCUT2D eigenvalue weighted by atomic mass is 19.2. The summed E-state index contributed by atoms with van der Waals surface area (Å²) in [6, 6.07) is 11.8. The van der Waals surface area contributed by atoms with Crippen LogP contribution in [0.4, 0.5) is 18.9 Å². The Morgan fingerprint density at radius 2 is 1.83 bits per heavy atom. The lowest BCUT2D eigenvalue weighted by Gasteiger charge is -2.10. The van der Waals surface area contributed by atoms with E-state index < -0.39 is 28.9 Å². The predicted octanol–water partition coefficient (Wildman–Crippen LogP) is 4.39. The van der Waals surface area contributed by atoms with Gasteiger partial charge in [-0.15, -0.1) is 0 Å². The van der Waals surface area contributed by atoms with Gasteiger partial charge in [0, 0.05) is 23.6 Å². The van der Waals surface area contributed by atoms with Crippen molar-refractivity contribution in [1.82, 2.24) is 15.1 Å². The van der Waals surface area contributed by atoms with Crippen molar-refractivity contribution in [3.63, 3.8) is 0 Å². The van der Waals surface area contributed by atoms with Gasteiger partial charge in [0.2, 0.25) is 11.7 Å². The average molecular weight is 410 g/mol. The van der Waals surface area contributed by atoms with Crippen LogP contribution < -0.4 is 5.32 Å². The predicted molar refractivity (Wildman–Crippen MR) is 101 cm³/mol. The fourth-order valence-electron chi connectivity index (χ4n) is 2.79. The van der Waals surface area contributed by atoms with E-state index in [9.17, 15) is 18.0 Å². The van der Waals surface area contributed by atoms with Crippen LogP contribution in [0.2, 0.25) is 0 Å². The van der Waals surface area contributed by atoms with Crippen molar-refractivity contribution in [3.8, 4) is 11.4 Å². The third-order valence-corrected chi connectivity index (χ3v) is 4.27. The van der Waals surface area contributed by atoms with E-state index in [0.717, 1.165) is 6.07 Å². The lowest BCUT2D eigenvalue weighted by atomic mass is 10.1. The van der Waals surface area contributed by atoms with Crippen molar-refractivity contribution in [2.24, 2.45) is 0 Å². The zero-order valence-corrected chi connectivity index (χ0v) is 15.3. The fourth-order valence-corrected chi connectivity index (χ4v) is 2.79. The summed E-state index contributed by atoms with van der Waals surface area (Å²) in [4.78, 5) is 20.7. The minimum atomic E-state index is -1.70. The number of halogens is 3. The number of carbonyl (C=O) groups is 1. The topological polar surface area (TPSA) is 80.9 Å². The maximum atomic E-state index is 13.9. The second kappa shape index (κ2) is 8.16. The second-order valence-electron chi connectivity index (χ2n) is 6.26. The molecule has 2 heterocycles. The molecule has 0 aliphatic carbocycles. The highest BCUT2D eigenvalue weighted by Gasteiger charge is 2.20. The number of benzene rings is 2. The minimum Gasteiger partial charge on any atom is -0.339 e. The molecule has 9 heteroatoms. The standard InChI is InChI=1S/C21H13F3N4O2/c22-15-8-7-14(18(23)19(15)24)21(29)26-16-6-2-1-4-12(16)10-17-27-20(28-30-17)13-5-3-9-25-11-13/h1-9,11H,10H2,(H,26,29). The summed E-state index contributed by atoms with van der Waals surface area (Å²) in [6.45, 7) is 0. The minimum absolute atomic E-state index is 0.185. The first-order chi connectivity index (χ1) is 14.5. The molecule has 0 fully saturated rings. The molecule has 4 rings (SSSR count). The first kappa shape index (κ1) is 19.3. The quantitative estimate of drug-likeness (QED) is 0.494. The van der Waals surface area contributed by atoms with Crippen molar-refractivity contribution in [2.45, 2.75) is 6.42 Å². The van der Waals surface area contributed by atoms with Crippen LogP contribution in [0.3, 0.4) is 0 Å². The van der Waals surface area contributed by atoms with Crippen LogP contribution in [0.25, 0.3) is 11.4 Å². The smallest absolute Gasteiger partial charge is 0.258 e. The van der Waals surface area contributed by atoms with Gasteiger partial charge in [0.1, 0.15) is 0 Å². The Labute approximate surface area is 168 Å². The molecule has 2 aromatic heterocycles. The normalized spacial score (nSPS) is 10.8. The highest BCUT2D eigenvalue weighted by molar-refractivity contribution is 6.04. The van der Waals surface area contributed by atoms with Crippen LogP contribution in [0.5, 0.6) is 0 Å². The molecule has 0 saturated carbocycles. The van der Waals surface area contributed by atoms with Crippen molar-refractivity contribution in [3.05, 3.63) is 95.4 Å².